The van der Waals surface area contributed by atoms with Gasteiger partial charge in [-0.15, -0.1) is 0 Å². The van der Waals surface area contributed by atoms with Crippen LogP contribution in [0, 0.1) is 0 Å². The third-order valence-corrected chi connectivity index (χ3v) is 4.05. The number of piperidine rings is 1. The third-order valence-electron chi connectivity index (χ3n) is 4.05. The Morgan fingerprint density at radius 2 is 1.78 bits per heavy atom. The highest BCUT2D eigenvalue weighted by molar-refractivity contribution is 5.94. The molecule has 1 heterocycles. The maximum Gasteiger partial charge on any atom is 0.253 e. The van der Waals surface area contributed by atoms with Gasteiger partial charge in [0.25, 0.3) is 5.91 Å². The van der Waals surface area contributed by atoms with Gasteiger partial charge in [0.1, 0.15) is 17.6 Å². The van der Waals surface area contributed by atoms with Crippen molar-refractivity contribution >= 4 is 5.91 Å². The zero-order valence-electron chi connectivity index (χ0n) is 13.3. The van der Waals surface area contributed by atoms with Crippen LogP contribution in [0.4, 0.5) is 0 Å². The number of amides is 1. The van der Waals surface area contributed by atoms with Crippen LogP contribution in [0.15, 0.2) is 54.6 Å². The number of para-hydroxylation sites is 1. The van der Waals surface area contributed by atoms with E-state index in [1.807, 2.05) is 59.5 Å². The molecule has 4 nitrogen and oxygen atoms in total. The van der Waals surface area contributed by atoms with Gasteiger partial charge in [0, 0.05) is 12.1 Å². The predicted octanol–water partition coefficient (Wildman–Crippen LogP) is 3.38. The Balaban J connectivity index is 1.64. The number of hydrogen-bond acceptors (Lipinski definition) is 3. The lowest BCUT2D eigenvalue weighted by atomic mass is 10.1. The number of benzene rings is 2. The standard InChI is InChI=1S/C19H21NO3/c1-22-16-11-9-15(10-12-16)19(21)20-13-5-8-18(14-20)23-17-6-3-2-4-7-17/h2-4,6-7,9-12,18H,5,8,13-14H2,1H3. The van der Waals surface area contributed by atoms with E-state index in [-0.39, 0.29) is 12.0 Å². The van der Waals surface area contributed by atoms with Crippen LogP contribution in [0.25, 0.3) is 0 Å². The molecule has 1 saturated heterocycles. The minimum atomic E-state index is 0.0494. The summed E-state index contributed by atoms with van der Waals surface area (Å²) in [5.74, 6) is 1.66. The first-order chi connectivity index (χ1) is 11.3. The van der Waals surface area contributed by atoms with E-state index in [0.29, 0.717) is 12.1 Å². The quantitative estimate of drug-likeness (QED) is 0.869. The number of carbonyl (C=O) groups is 1. The highest BCUT2D eigenvalue weighted by Crippen LogP contribution is 2.20. The van der Waals surface area contributed by atoms with Crippen LogP contribution in [0.2, 0.25) is 0 Å². The number of hydrogen-bond donors (Lipinski definition) is 0. The number of methoxy groups -OCH3 is 1. The normalized spacial score (nSPS) is 17.6. The van der Waals surface area contributed by atoms with Crippen LogP contribution in [-0.4, -0.2) is 37.1 Å². The summed E-state index contributed by atoms with van der Waals surface area (Å²) in [5.41, 5.74) is 0.686. The average Bonchev–Trinajstić information content (AvgIpc) is 2.62. The minimum absolute atomic E-state index is 0.0494. The number of rotatable bonds is 4. The highest BCUT2D eigenvalue weighted by atomic mass is 16.5. The minimum Gasteiger partial charge on any atom is -0.497 e. The summed E-state index contributed by atoms with van der Waals surface area (Å²) < 4.78 is 11.1. The predicted molar refractivity (Wildman–Crippen MR) is 89.0 cm³/mol. The van der Waals surface area contributed by atoms with Crippen molar-refractivity contribution in [2.24, 2.45) is 0 Å². The van der Waals surface area contributed by atoms with E-state index in [0.717, 1.165) is 30.9 Å². The lowest BCUT2D eigenvalue weighted by Crippen LogP contribution is -2.44. The summed E-state index contributed by atoms with van der Waals surface area (Å²) >= 11 is 0. The monoisotopic (exact) mass is 311 g/mol. The van der Waals surface area contributed by atoms with E-state index in [1.54, 1.807) is 7.11 Å². The van der Waals surface area contributed by atoms with Crippen molar-refractivity contribution in [3.63, 3.8) is 0 Å². The van der Waals surface area contributed by atoms with Crippen LogP contribution >= 0.6 is 0 Å². The van der Waals surface area contributed by atoms with E-state index in [9.17, 15) is 4.79 Å². The number of likely N-dealkylation sites (tertiary alicyclic amines) is 1. The summed E-state index contributed by atoms with van der Waals surface area (Å²) in [6, 6.07) is 17.0. The average molecular weight is 311 g/mol. The first-order valence-corrected chi connectivity index (χ1v) is 7.91. The molecule has 0 N–H and O–H groups in total. The smallest absolute Gasteiger partial charge is 0.253 e. The van der Waals surface area contributed by atoms with Crippen molar-refractivity contribution in [3.8, 4) is 11.5 Å². The number of ether oxygens (including phenoxy) is 2. The summed E-state index contributed by atoms with van der Waals surface area (Å²) in [4.78, 5) is 14.5. The first-order valence-electron chi connectivity index (χ1n) is 7.91. The van der Waals surface area contributed by atoms with Gasteiger partial charge in [0.05, 0.1) is 13.7 Å². The fourth-order valence-corrected chi connectivity index (χ4v) is 2.83. The topological polar surface area (TPSA) is 38.8 Å². The van der Waals surface area contributed by atoms with Gasteiger partial charge in [-0.25, -0.2) is 0 Å². The van der Waals surface area contributed by atoms with Crippen LogP contribution in [0.5, 0.6) is 11.5 Å². The Morgan fingerprint density at radius 3 is 2.48 bits per heavy atom. The summed E-state index contributed by atoms with van der Waals surface area (Å²) in [5, 5.41) is 0. The molecule has 0 bridgehead atoms. The molecule has 1 aliphatic rings. The number of carbonyl (C=O) groups excluding carboxylic acids is 1. The molecule has 1 unspecified atom stereocenters. The Hall–Kier alpha value is -2.49. The molecule has 0 aliphatic carbocycles. The SMILES string of the molecule is COc1ccc(C(=O)N2CCCC(Oc3ccccc3)C2)cc1. The molecular formula is C19H21NO3. The molecule has 4 heteroatoms. The van der Waals surface area contributed by atoms with Gasteiger partial charge >= 0.3 is 0 Å². The van der Waals surface area contributed by atoms with Crippen molar-refractivity contribution in [3.05, 3.63) is 60.2 Å². The summed E-state index contributed by atoms with van der Waals surface area (Å²) in [7, 11) is 1.62. The Labute approximate surface area is 136 Å². The van der Waals surface area contributed by atoms with Crippen molar-refractivity contribution in [1.82, 2.24) is 4.90 Å². The molecular weight excluding hydrogens is 290 g/mol. The van der Waals surface area contributed by atoms with Gasteiger partial charge in [-0.05, 0) is 49.2 Å². The van der Waals surface area contributed by atoms with Gasteiger partial charge in [0.2, 0.25) is 0 Å². The molecule has 1 atom stereocenters. The van der Waals surface area contributed by atoms with E-state index in [2.05, 4.69) is 0 Å². The molecule has 0 spiro atoms. The molecule has 0 saturated carbocycles. The van der Waals surface area contributed by atoms with Crippen LogP contribution in [-0.2, 0) is 0 Å². The second kappa shape index (κ2) is 7.18. The Morgan fingerprint density at radius 1 is 1.04 bits per heavy atom. The molecule has 1 amide bonds. The fourth-order valence-electron chi connectivity index (χ4n) is 2.83. The van der Waals surface area contributed by atoms with Crippen LogP contribution in [0.1, 0.15) is 23.2 Å². The highest BCUT2D eigenvalue weighted by Gasteiger charge is 2.25. The molecule has 0 radical (unpaired) electrons. The third kappa shape index (κ3) is 3.83. The fraction of sp³-hybridized carbons (Fsp3) is 0.316. The first kappa shape index (κ1) is 15.4. The van der Waals surface area contributed by atoms with Gasteiger partial charge in [0.15, 0.2) is 0 Å². The van der Waals surface area contributed by atoms with E-state index < -0.39 is 0 Å². The molecule has 120 valence electrons. The second-order valence-electron chi connectivity index (χ2n) is 5.67. The molecule has 1 aliphatic heterocycles. The van der Waals surface area contributed by atoms with Crippen LogP contribution < -0.4 is 9.47 Å². The molecule has 2 aromatic rings. The van der Waals surface area contributed by atoms with Gasteiger partial charge in [-0.2, -0.15) is 0 Å². The second-order valence-corrected chi connectivity index (χ2v) is 5.67. The molecule has 23 heavy (non-hydrogen) atoms. The van der Waals surface area contributed by atoms with Crippen molar-refractivity contribution < 1.29 is 14.3 Å². The Kier molecular flexibility index (Phi) is 4.81. The molecule has 2 aromatic carbocycles. The van der Waals surface area contributed by atoms with Gasteiger partial charge < -0.3 is 14.4 Å². The van der Waals surface area contributed by atoms with E-state index in [1.165, 1.54) is 0 Å². The number of nitrogens with zero attached hydrogens (tertiary/aromatic N) is 1. The Bertz CT molecular complexity index is 639. The largest absolute Gasteiger partial charge is 0.497 e. The van der Waals surface area contributed by atoms with Gasteiger partial charge in [-0.1, -0.05) is 18.2 Å². The van der Waals surface area contributed by atoms with Crippen LogP contribution in [0.3, 0.4) is 0 Å². The molecule has 1 fully saturated rings. The zero-order chi connectivity index (χ0) is 16.1. The van der Waals surface area contributed by atoms with Crippen molar-refractivity contribution in [2.45, 2.75) is 18.9 Å². The van der Waals surface area contributed by atoms with E-state index in [4.69, 9.17) is 9.47 Å². The summed E-state index contributed by atoms with van der Waals surface area (Å²) in [6.45, 7) is 1.40. The zero-order valence-corrected chi connectivity index (χ0v) is 13.3. The van der Waals surface area contributed by atoms with Crippen molar-refractivity contribution in [1.29, 1.82) is 0 Å². The lowest BCUT2D eigenvalue weighted by molar-refractivity contribution is 0.0538. The lowest BCUT2D eigenvalue weighted by Gasteiger charge is -2.33. The van der Waals surface area contributed by atoms with E-state index >= 15 is 0 Å². The van der Waals surface area contributed by atoms with Crippen molar-refractivity contribution in [2.75, 3.05) is 20.2 Å². The summed E-state index contributed by atoms with van der Waals surface area (Å²) in [6.07, 6.45) is 1.98. The molecule has 3 rings (SSSR count). The molecule has 0 aromatic heterocycles. The maximum atomic E-state index is 12.6. The maximum absolute atomic E-state index is 12.6. The van der Waals surface area contributed by atoms with Gasteiger partial charge in [-0.3, -0.25) is 4.79 Å².